The Hall–Kier alpha value is -1.05. The molecule has 0 bridgehead atoms. The highest BCUT2D eigenvalue weighted by atomic mass is 32.2. The Morgan fingerprint density at radius 2 is 1.95 bits per heavy atom. The summed E-state index contributed by atoms with van der Waals surface area (Å²) in [7, 11) is -2.66. The first-order chi connectivity index (χ1) is 9.87. The minimum Gasteiger partial charge on any atom is -0.330 e. The first-order valence-corrected chi connectivity index (χ1v) is 8.45. The van der Waals surface area contributed by atoms with Crippen LogP contribution in [-0.2, 0) is 10.0 Å². The van der Waals surface area contributed by atoms with Crippen molar-refractivity contribution in [1.82, 2.24) is 4.31 Å². The first-order valence-electron chi connectivity index (χ1n) is 7.01. The van der Waals surface area contributed by atoms with E-state index in [2.05, 4.69) is 0 Å². The van der Waals surface area contributed by atoms with Crippen LogP contribution in [0.5, 0.6) is 0 Å². The molecule has 0 saturated heterocycles. The molecule has 1 aliphatic rings. The topological polar surface area (TPSA) is 63.4 Å². The van der Waals surface area contributed by atoms with Crippen LogP contribution in [0, 0.1) is 17.6 Å². The molecule has 2 rings (SSSR count). The van der Waals surface area contributed by atoms with Crippen LogP contribution < -0.4 is 5.73 Å². The Balaban J connectivity index is 2.36. The molecular formula is C14H20F2N2O2S. The molecule has 7 heteroatoms. The molecule has 1 saturated carbocycles. The molecule has 21 heavy (non-hydrogen) atoms. The molecule has 0 aliphatic heterocycles. The fourth-order valence-electron chi connectivity index (χ4n) is 2.95. The number of halogens is 2. The molecule has 0 radical (unpaired) electrons. The van der Waals surface area contributed by atoms with Gasteiger partial charge in [-0.25, -0.2) is 17.2 Å². The van der Waals surface area contributed by atoms with Crippen molar-refractivity contribution in [2.45, 2.75) is 36.6 Å². The van der Waals surface area contributed by atoms with E-state index in [-0.39, 0.29) is 12.0 Å². The Morgan fingerprint density at radius 3 is 2.62 bits per heavy atom. The van der Waals surface area contributed by atoms with Gasteiger partial charge in [-0.3, -0.25) is 0 Å². The van der Waals surface area contributed by atoms with Crippen molar-refractivity contribution in [3.63, 3.8) is 0 Å². The second-order valence-corrected chi connectivity index (χ2v) is 7.41. The molecular weight excluding hydrogens is 298 g/mol. The van der Waals surface area contributed by atoms with Crippen molar-refractivity contribution < 1.29 is 17.2 Å². The molecule has 2 atom stereocenters. The fraction of sp³-hybridized carbons (Fsp3) is 0.571. The van der Waals surface area contributed by atoms with E-state index in [4.69, 9.17) is 5.73 Å². The number of nitrogens with zero attached hydrogens (tertiary/aromatic N) is 1. The van der Waals surface area contributed by atoms with E-state index in [0.29, 0.717) is 13.0 Å². The van der Waals surface area contributed by atoms with Gasteiger partial charge in [-0.1, -0.05) is 12.8 Å². The fourth-order valence-corrected chi connectivity index (χ4v) is 4.47. The van der Waals surface area contributed by atoms with Crippen LogP contribution in [0.4, 0.5) is 8.78 Å². The van der Waals surface area contributed by atoms with Crippen molar-refractivity contribution in [2.24, 2.45) is 11.7 Å². The molecule has 1 aliphatic carbocycles. The number of hydrogen-bond acceptors (Lipinski definition) is 3. The lowest BCUT2D eigenvalue weighted by atomic mass is 9.85. The second-order valence-electron chi connectivity index (χ2n) is 5.44. The summed E-state index contributed by atoms with van der Waals surface area (Å²) in [4.78, 5) is -0.619. The van der Waals surface area contributed by atoms with Crippen molar-refractivity contribution in [3.05, 3.63) is 29.8 Å². The lowest BCUT2D eigenvalue weighted by Gasteiger charge is -2.36. The summed E-state index contributed by atoms with van der Waals surface area (Å²) < 4.78 is 53.3. The Morgan fingerprint density at radius 1 is 1.29 bits per heavy atom. The number of sulfonamides is 1. The minimum atomic E-state index is -4.07. The van der Waals surface area contributed by atoms with E-state index >= 15 is 0 Å². The molecule has 2 N–H and O–H groups in total. The monoisotopic (exact) mass is 318 g/mol. The molecule has 0 amide bonds. The predicted molar refractivity (Wildman–Crippen MR) is 76.1 cm³/mol. The summed E-state index contributed by atoms with van der Waals surface area (Å²) in [6.45, 7) is 0.385. The quantitative estimate of drug-likeness (QED) is 0.925. The molecule has 0 heterocycles. The van der Waals surface area contributed by atoms with Gasteiger partial charge in [-0.05, 0) is 43.5 Å². The molecule has 118 valence electrons. The van der Waals surface area contributed by atoms with Crippen molar-refractivity contribution in [3.8, 4) is 0 Å². The van der Waals surface area contributed by atoms with Gasteiger partial charge in [0.05, 0.1) is 0 Å². The van der Waals surface area contributed by atoms with Gasteiger partial charge in [0.2, 0.25) is 10.0 Å². The van der Waals surface area contributed by atoms with E-state index in [1.165, 1.54) is 7.05 Å². The maximum absolute atomic E-state index is 13.8. The highest BCUT2D eigenvalue weighted by Crippen LogP contribution is 2.31. The number of rotatable bonds is 4. The van der Waals surface area contributed by atoms with Crippen LogP contribution in [0.25, 0.3) is 0 Å². The first kappa shape index (κ1) is 16.3. The average molecular weight is 318 g/mol. The van der Waals surface area contributed by atoms with Gasteiger partial charge in [0.15, 0.2) is 0 Å². The molecule has 0 aromatic heterocycles. The molecule has 4 nitrogen and oxygen atoms in total. The summed E-state index contributed by atoms with van der Waals surface area (Å²) in [5.74, 6) is -1.67. The van der Waals surface area contributed by atoms with Crippen LogP contribution in [0.2, 0.25) is 0 Å². The third kappa shape index (κ3) is 3.25. The zero-order chi connectivity index (χ0) is 15.6. The van der Waals surface area contributed by atoms with Gasteiger partial charge < -0.3 is 5.73 Å². The van der Waals surface area contributed by atoms with Crippen LogP contribution >= 0.6 is 0 Å². The summed E-state index contributed by atoms with van der Waals surface area (Å²) in [5, 5.41) is 0. The van der Waals surface area contributed by atoms with Crippen molar-refractivity contribution in [2.75, 3.05) is 13.6 Å². The third-order valence-corrected chi connectivity index (χ3v) is 6.09. The third-order valence-electron chi connectivity index (χ3n) is 4.19. The number of nitrogens with two attached hydrogens (primary N) is 1. The van der Waals surface area contributed by atoms with Crippen LogP contribution in [0.15, 0.2) is 23.1 Å². The Labute approximate surface area is 124 Å². The standard InChI is InChI=1S/C14H20F2N2O2S/c1-18(13-5-3-2-4-10(13)9-17)21(19,20)14-8-11(15)6-7-12(14)16/h6-8,10,13H,2-5,9,17H2,1H3. The summed E-state index contributed by atoms with van der Waals surface area (Å²) >= 11 is 0. The van der Waals surface area contributed by atoms with E-state index < -0.39 is 26.6 Å². The lowest BCUT2D eigenvalue weighted by molar-refractivity contribution is 0.204. The summed E-state index contributed by atoms with van der Waals surface area (Å²) in [6, 6.07) is 2.19. The van der Waals surface area contributed by atoms with E-state index in [0.717, 1.165) is 41.8 Å². The highest BCUT2D eigenvalue weighted by Gasteiger charge is 2.35. The SMILES string of the molecule is CN(C1CCCCC1CN)S(=O)(=O)c1cc(F)ccc1F. The van der Waals surface area contributed by atoms with Gasteiger partial charge in [0.1, 0.15) is 16.5 Å². The average Bonchev–Trinajstić information content (AvgIpc) is 2.48. The van der Waals surface area contributed by atoms with Gasteiger partial charge in [0.25, 0.3) is 0 Å². The van der Waals surface area contributed by atoms with E-state index in [1.54, 1.807) is 0 Å². The maximum atomic E-state index is 13.8. The predicted octanol–water partition coefficient (Wildman–Crippen LogP) is 2.10. The van der Waals surface area contributed by atoms with Gasteiger partial charge >= 0.3 is 0 Å². The lowest BCUT2D eigenvalue weighted by Crippen LogP contribution is -2.46. The van der Waals surface area contributed by atoms with Crippen molar-refractivity contribution >= 4 is 10.0 Å². The second kappa shape index (κ2) is 6.37. The molecule has 1 aromatic carbocycles. The van der Waals surface area contributed by atoms with E-state index in [9.17, 15) is 17.2 Å². The summed E-state index contributed by atoms with van der Waals surface area (Å²) in [5.41, 5.74) is 5.71. The Bertz CT molecular complexity index is 607. The number of hydrogen-bond donors (Lipinski definition) is 1. The molecule has 1 fully saturated rings. The van der Waals surface area contributed by atoms with Crippen LogP contribution in [0.3, 0.4) is 0 Å². The van der Waals surface area contributed by atoms with Gasteiger partial charge in [-0.15, -0.1) is 0 Å². The zero-order valence-electron chi connectivity index (χ0n) is 11.9. The Kier molecular flexibility index (Phi) is 4.95. The van der Waals surface area contributed by atoms with E-state index in [1.807, 2.05) is 0 Å². The molecule has 0 spiro atoms. The van der Waals surface area contributed by atoms with Gasteiger partial charge in [0, 0.05) is 13.1 Å². The minimum absolute atomic E-state index is 0.0511. The normalized spacial score (nSPS) is 23.5. The van der Waals surface area contributed by atoms with Crippen molar-refractivity contribution in [1.29, 1.82) is 0 Å². The smallest absolute Gasteiger partial charge is 0.246 e. The summed E-state index contributed by atoms with van der Waals surface area (Å²) in [6.07, 6.45) is 3.47. The van der Waals surface area contributed by atoms with Gasteiger partial charge in [-0.2, -0.15) is 4.31 Å². The highest BCUT2D eigenvalue weighted by molar-refractivity contribution is 7.89. The number of benzene rings is 1. The zero-order valence-corrected chi connectivity index (χ0v) is 12.7. The molecule has 2 unspecified atom stereocenters. The molecule has 1 aromatic rings. The largest absolute Gasteiger partial charge is 0.330 e. The van der Waals surface area contributed by atoms with Crippen LogP contribution in [0.1, 0.15) is 25.7 Å². The maximum Gasteiger partial charge on any atom is 0.246 e. The van der Waals surface area contributed by atoms with Crippen LogP contribution in [-0.4, -0.2) is 32.4 Å².